The van der Waals surface area contributed by atoms with Gasteiger partial charge in [0.15, 0.2) is 0 Å². The lowest BCUT2D eigenvalue weighted by atomic mass is 10.2. The van der Waals surface area contributed by atoms with Crippen LogP contribution in [0.1, 0.15) is 11.1 Å². The lowest BCUT2D eigenvalue weighted by molar-refractivity contribution is -0.121. The van der Waals surface area contributed by atoms with Gasteiger partial charge in [0, 0.05) is 19.3 Å². The van der Waals surface area contributed by atoms with Crippen LogP contribution >= 0.6 is 24.0 Å². The smallest absolute Gasteiger partial charge is 0.267 e. The first-order valence-electron chi connectivity index (χ1n) is 9.28. The van der Waals surface area contributed by atoms with Crippen LogP contribution < -0.4 is 10.9 Å². The fraction of sp³-hybridized carbons (Fsp3) is 0.300. The quantitative estimate of drug-likeness (QED) is 0.261. The number of aliphatic hydroxyl groups excluding tert-OH is 1. The minimum atomic E-state index is -0.295. The molecule has 1 fully saturated rings. The molecule has 0 unspecified atom stereocenters. The first kappa shape index (κ1) is 22.2. The van der Waals surface area contributed by atoms with Crippen LogP contribution in [0.3, 0.4) is 0 Å². The molecule has 158 valence electrons. The van der Waals surface area contributed by atoms with E-state index < -0.39 is 0 Å². The van der Waals surface area contributed by atoms with Crippen molar-refractivity contribution in [1.82, 2.24) is 14.3 Å². The molecule has 1 saturated heterocycles. The van der Waals surface area contributed by atoms with Crippen LogP contribution in [0.4, 0.5) is 5.82 Å². The number of aromatic nitrogens is 2. The number of amides is 1. The first-order chi connectivity index (χ1) is 14.5. The molecule has 0 spiro atoms. The molecule has 2 N–H and O–H groups in total. The van der Waals surface area contributed by atoms with Crippen molar-refractivity contribution in [3.05, 3.63) is 57.4 Å². The van der Waals surface area contributed by atoms with Gasteiger partial charge < -0.3 is 15.2 Å². The second-order valence-corrected chi connectivity index (χ2v) is 8.13. The van der Waals surface area contributed by atoms with E-state index in [9.17, 15) is 9.59 Å². The number of hydrogen-bond donors (Lipinski definition) is 2. The highest BCUT2D eigenvalue weighted by Crippen LogP contribution is 2.32. The fourth-order valence-corrected chi connectivity index (χ4v) is 4.11. The number of fused-ring (bicyclic) bond motifs is 1. The van der Waals surface area contributed by atoms with Crippen LogP contribution in [-0.4, -0.2) is 62.5 Å². The van der Waals surface area contributed by atoms with E-state index in [0.29, 0.717) is 40.4 Å². The van der Waals surface area contributed by atoms with Gasteiger partial charge in [0.2, 0.25) is 0 Å². The maximum Gasteiger partial charge on any atom is 0.267 e. The predicted octanol–water partition coefficient (Wildman–Crippen LogP) is 1.81. The number of nitrogens with one attached hydrogen (secondary N) is 1. The summed E-state index contributed by atoms with van der Waals surface area (Å²) in [6.45, 7) is 6.72. The molecule has 1 amide bonds. The number of aliphatic hydroxyl groups is 1. The van der Waals surface area contributed by atoms with E-state index in [1.165, 1.54) is 15.4 Å². The van der Waals surface area contributed by atoms with Crippen LogP contribution in [0.2, 0.25) is 0 Å². The number of anilines is 1. The number of carbonyl (C=O) groups excluding carboxylic acids is 1. The number of hydrogen-bond acceptors (Lipinski definition) is 8. The zero-order chi connectivity index (χ0) is 21.7. The van der Waals surface area contributed by atoms with E-state index in [2.05, 4.69) is 16.9 Å². The molecule has 3 rings (SSSR count). The lowest BCUT2D eigenvalue weighted by Crippen LogP contribution is -2.28. The zero-order valence-corrected chi connectivity index (χ0v) is 18.1. The van der Waals surface area contributed by atoms with Gasteiger partial charge in [-0.3, -0.25) is 18.9 Å². The van der Waals surface area contributed by atoms with Crippen LogP contribution in [0.15, 0.2) is 40.7 Å². The van der Waals surface area contributed by atoms with E-state index in [1.807, 2.05) is 13.0 Å². The summed E-state index contributed by atoms with van der Waals surface area (Å²) in [5.41, 5.74) is 1.37. The van der Waals surface area contributed by atoms with E-state index in [-0.39, 0.29) is 30.2 Å². The number of pyridine rings is 1. The normalized spacial score (nSPS) is 15.4. The van der Waals surface area contributed by atoms with Gasteiger partial charge in [0.25, 0.3) is 11.5 Å². The Morgan fingerprint density at radius 3 is 2.90 bits per heavy atom. The fourth-order valence-electron chi connectivity index (χ4n) is 2.85. The Bertz CT molecular complexity index is 1080. The Morgan fingerprint density at radius 1 is 1.37 bits per heavy atom. The monoisotopic (exact) mass is 446 g/mol. The van der Waals surface area contributed by atoms with Gasteiger partial charge in [-0.1, -0.05) is 36.1 Å². The Labute approximate surface area is 183 Å². The average molecular weight is 447 g/mol. The largest absolute Gasteiger partial charge is 0.394 e. The lowest BCUT2D eigenvalue weighted by Gasteiger charge is -2.12. The van der Waals surface area contributed by atoms with Crippen molar-refractivity contribution in [2.75, 3.05) is 38.2 Å². The van der Waals surface area contributed by atoms with Gasteiger partial charge >= 0.3 is 0 Å². The number of rotatable bonds is 9. The van der Waals surface area contributed by atoms with Crippen molar-refractivity contribution < 1.29 is 14.6 Å². The topological polar surface area (TPSA) is 96.2 Å². The van der Waals surface area contributed by atoms with E-state index in [0.717, 1.165) is 17.3 Å². The summed E-state index contributed by atoms with van der Waals surface area (Å²) in [6.07, 6.45) is 4.84. The summed E-state index contributed by atoms with van der Waals surface area (Å²) in [4.78, 5) is 32.2. The van der Waals surface area contributed by atoms with E-state index in [1.54, 1.807) is 18.3 Å². The van der Waals surface area contributed by atoms with Crippen molar-refractivity contribution in [2.45, 2.75) is 6.92 Å². The van der Waals surface area contributed by atoms with E-state index in [4.69, 9.17) is 22.1 Å². The molecule has 0 aliphatic carbocycles. The molecular weight excluding hydrogens is 424 g/mol. The highest BCUT2D eigenvalue weighted by atomic mass is 32.2. The second-order valence-electron chi connectivity index (χ2n) is 6.46. The highest BCUT2D eigenvalue weighted by Gasteiger charge is 2.31. The predicted molar refractivity (Wildman–Crippen MR) is 123 cm³/mol. The summed E-state index contributed by atoms with van der Waals surface area (Å²) >= 11 is 6.42. The summed E-state index contributed by atoms with van der Waals surface area (Å²) in [5, 5.41) is 11.9. The molecule has 0 aromatic carbocycles. The molecule has 8 nitrogen and oxygen atoms in total. The molecule has 0 saturated carbocycles. The van der Waals surface area contributed by atoms with Gasteiger partial charge in [-0.05, 0) is 24.6 Å². The van der Waals surface area contributed by atoms with Gasteiger partial charge in [0.05, 0.1) is 30.3 Å². The number of thiocarbonyl (C=S) groups is 1. The molecule has 10 heteroatoms. The van der Waals surface area contributed by atoms with E-state index >= 15 is 0 Å². The third-order valence-electron chi connectivity index (χ3n) is 4.24. The SMILES string of the molecule is C=CCN1C(=O)/C(=C\c2c(NCCOCCO)nc3ccc(C)cn3c2=O)SC1=S. The van der Waals surface area contributed by atoms with Crippen LogP contribution in [0.5, 0.6) is 0 Å². The van der Waals surface area contributed by atoms with Crippen LogP contribution in [0.25, 0.3) is 11.7 Å². The standard InChI is InChI=1S/C20H22N4O4S2/c1-3-7-23-19(27)15(30-20(23)29)11-14-17(21-6-9-28-10-8-25)22-16-5-4-13(2)12-24(16)18(14)26/h3-5,11-12,21,25H,1,6-10H2,2H3/b15-11+. The number of carbonyl (C=O) groups is 1. The molecule has 1 aliphatic heterocycles. The average Bonchev–Trinajstić information content (AvgIpc) is 2.98. The maximum absolute atomic E-state index is 13.2. The highest BCUT2D eigenvalue weighted by molar-refractivity contribution is 8.26. The van der Waals surface area contributed by atoms with Crippen LogP contribution in [0, 0.1) is 6.92 Å². The Balaban J connectivity index is 2.02. The molecular formula is C20H22N4O4S2. The minimum Gasteiger partial charge on any atom is -0.394 e. The molecule has 1 aliphatic rings. The summed E-state index contributed by atoms with van der Waals surface area (Å²) in [6, 6.07) is 3.63. The van der Waals surface area contributed by atoms with Crippen LogP contribution in [-0.2, 0) is 9.53 Å². The second kappa shape index (κ2) is 9.98. The number of nitrogens with zero attached hydrogens (tertiary/aromatic N) is 3. The minimum absolute atomic E-state index is 0.0628. The summed E-state index contributed by atoms with van der Waals surface area (Å²) in [5.74, 6) is 0.0845. The third-order valence-corrected chi connectivity index (χ3v) is 5.62. The number of thioether (sulfide) groups is 1. The van der Waals surface area contributed by atoms with Gasteiger partial charge in [-0.15, -0.1) is 6.58 Å². The van der Waals surface area contributed by atoms with Gasteiger partial charge in [0.1, 0.15) is 15.8 Å². The van der Waals surface area contributed by atoms with Gasteiger partial charge in [-0.25, -0.2) is 4.98 Å². The summed E-state index contributed by atoms with van der Waals surface area (Å²) in [7, 11) is 0. The third kappa shape index (κ3) is 4.78. The molecule has 2 aromatic heterocycles. The molecule has 0 radical (unpaired) electrons. The molecule has 30 heavy (non-hydrogen) atoms. The van der Waals surface area contributed by atoms with Crippen molar-refractivity contribution in [3.8, 4) is 0 Å². The number of ether oxygens (including phenoxy) is 1. The zero-order valence-electron chi connectivity index (χ0n) is 16.5. The Morgan fingerprint density at radius 2 is 2.17 bits per heavy atom. The molecule has 0 bridgehead atoms. The van der Waals surface area contributed by atoms with Crippen molar-refractivity contribution >= 4 is 51.7 Å². The van der Waals surface area contributed by atoms with Crippen molar-refractivity contribution in [3.63, 3.8) is 0 Å². The Kier molecular flexibility index (Phi) is 7.38. The first-order valence-corrected chi connectivity index (χ1v) is 10.5. The van der Waals surface area contributed by atoms with Gasteiger partial charge in [-0.2, -0.15) is 0 Å². The van der Waals surface area contributed by atoms with Crippen molar-refractivity contribution in [2.24, 2.45) is 0 Å². The number of aryl methyl sites for hydroxylation is 1. The summed E-state index contributed by atoms with van der Waals surface area (Å²) < 4.78 is 7.13. The molecule has 2 aromatic rings. The maximum atomic E-state index is 13.2. The molecule has 0 atom stereocenters. The Hall–Kier alpha value is -2.53. The van der Waals surface area contributed by atoms with Crippen molar-refractivity contribution in [1.29, 1.82) is 0 Å². The molecule has 3 heterocycles.